The third-order valence-corrected chi connectivity index (χ3v) is 5.33. The highest BCUT2D eigenvalue weighted by Crippen LogP contribution is 2.42. The zero-order valence-electron chi connectivity index (χ0n) is 12.4. The van der Waals surface area contributed by atoms with Crippen LogP contribution in [0, 0.1) is 17.8 Å². The first-order chi connectivity index (χ1) is 8.57. The van der Waals surface area contributed by atoms with Crippen LogP contribution in [-0.4, -0.2) is 23.3 Å². The van der Waals surface area contributed by atoms with Crippen molar-refractivity contribution in [3.05, 3.63) is 0 Å². The molecule has 0 heterocycles. The van der Waals surface area contributed by atoms with Gasteiger partial charge in [0.05, 0.1) is 6.61 Å². The molecular formula is C16H31NO. The maximum Gasteiger partial charge on any atom is 0.0616 e. The fourth-order valence-electron chi connectivity index (χ4n) is 4.46. The van der Waals surface area contributed by atoms with E-state index < -0.39 is 0 Å². The smallest absolute Gasteiger partial charge is 0.0616 e. The van der Waals surface area contributed by atoms with Crippen LogP contribution in [0.5, 0.6) is 0 Å². The van der Waals surface area contributed by atoms with Gasteiger partial charge in [-0.25, -0.2) is 0 Å². The Hall–Kier alpha value is -0.0800. The predicted octanol–water partition coefficient (Wildman–Crippen LogP) is 3.34. The van der Waals surface area contributed by atoms with E-state index in [4.69, 9.17) is 0 Å². The van der Waals surface area contributed by atoms with E-state index in [0.29, 0.717) is 24.5 Å². The summed E-state index contributed by atoms with van der Waals surface area (Å²) in [6, 6.07) is 0.656. The van der Waals surface area contributed by atoms with Crippen molar-refractivity contribution in [3.63, 3.8) is 0 Å². The lowest BCUT2D eigenvalue weighted by atomic mass is 9.65. The number of nitrogens with one attached hydrogen (secondary N) is 1. The number of aliphatic hydroxyl groups is 1. The summed E-state index contributed by atoms with van der Waals surface area (Å²) in [7, 11) is 0. The summed E-state index contributed by atoms with van der Waals surface area (Å²) in [6.07, 6.45) is 9.10. The number of rotatable bonds is 4. The van der Waals surface area contributed by atoms with Gasteiger partial charge in [0.1, 0.15) is 0 Å². The van der Waals surface area contributed by atoms with Gasteiger partial charge < -0.3 is 10.4 Å². The van der Waals surface area contributed by atoms with Crippen molar-refractivity contribution in [1.29, 1.82) is 0 Å². The number of aliphatic hydroxyl groups excluding tert-OH is 1. The Morgan fingerprint density at radius 1 is 1.17 bits per heavy atom. The van der Waals surface area contributed by atoms with Crippen molar-refractivity contribution in [2.24, 2.45) is 17.8 Å². The Morgan fingerprint density at radius 2 is 1.83 bits per heavy atom. The Balaban J connectivity index is 2.12. The molecule has 2 nitrogen and oxygen atoms in total. The molecule has 3 unspecified atom stereocenters. The molecule has 0 aromatic rings. The molecule has 0 aliphatic heterocycles. The van der Waals surface area contributed by atoms with Crippen LogP contribution >= 0.6 is 0 Å². The first-order valence-corrected chi connectivity index (χ1v) is 7.96. The second-order valence-corrected chi connectivity index (χ2v) is 7.18. The van der Waals surface area contributed by atoms with Gasteiger partial charge in [-0.1, -0.05) is 40.0 Å². The molecule has 18 heavy (non-hydrogen) atoms. The highest BCUT2D eigenvalue weighted by Gasteiger charge is 2.44. The summed E-state index contributed by atoms with van der Waals surface area (Å²) in [5.41, 5.74) is 0.000833. The number of hydrogen-bond donors (Lipinski definition) is 2. The van der Waals surface area contributed by atoms with E-state index in [0.717, 1.165) is 12.3 Å². The summed E-state index contributed by atoms with van der Waals surface area (Å²) in [6.45, 7) is 7.30. The minimum absolute atomic E-state index is 0.000833. The zero-order valence-corrected chi connectivity index (χ0v) is 12.4. The molecule has 0 amide bonds. The molecule has 0 radical (unpaired) electrons. The molecule has 0 saturated heterocycles. The van der Waals surface area contributed by atoms with E-state index in [-0.39, 0.29) is 5.54 Å². The zero-order chi connectivity index (χ0) is 13.2. The first-order valence-electron chi connectivity index (χ1n) is 7.96. The molecule has 2 aliphatic carbocycles. The summed E-state index contributed by atoms with van der Waals surface area (Å²) >= 11 is 0. The second-order valence-electron chi connectivity index (χ2n) is 7.18. The lowest BCUT2D eigenvalue weighted by Gasteiger charge is -2.49. The van der Waals surface area contributed by atoms with E-state index in [9.17, 15) is 5.11 Å². The van der Waals surface area contributed by atoms with Gasteiger partial charge in [0.25, 0.3) is 0 Å². The third kappa shape index (κ3) is 2.91. The fourth-order valence-corrected chi connectivity index (χ4v) is 4.46. The van der Waals surface area contributed by atoms with Gasteiger partial charge >= 0.3 is 0 Å². The predicted molar refractivity (Wildman–Crippen MR) is 76.6 cm³/mol. The topological polar surface area (TPSA) is 32.3 Å². The molecule has 2 saturated carbocycles. The first kappa shape index (κ1) is 14.3. The lowest BCUT2D eigenvalue weighted by molar-refractivity contribution is 0.0154. The van der Waals surface area contributed by atoms with Crippen LogP contribution in [0.15, 0.2) is 0 Å². The van der Waals surface area contributed by atoms with Crippen molar-refractivity contribution in [1.82, 2.24) is 5.32 Å². The summed E-state index contributed by atoms with van der Waals surface area (Å²) in [4.78, 5) is 0. The third-order valence-electron chi connectivity index (χ3n) is 5.33. The molecule has 0 spiro atoms. The molecule has 3 atom stereocenters. The monoisotopic (exact) mass is 253 g/mol. The van der Waals surface area contributed by atoms with Crippen molar-refractivity contribution in [2.75, 3.05) is 6.61 Å². The minimum Gasteiger partial charge on any atom is -0.394 e. The maximum absolute atomic E-state index is 10.1. The quantitative estimate of drug-likeness (QED) is 0.805. The molecule has 2 N–H and O–H groups in total. The average Bonchev–Trinajstić information content (AvgIpc) is 2.81. The number of hydrogen-bond acceptors (Lipinski definition) is 2. The normalized spacial score (nSPS) is 38.5. The SMILES string of the molecule is CC1CCC(C(C)C)C(CO)(NC2CCCC2)C1. The van der Waals surface area contributed by atoms with Crippen LogP contribution < -0.4 is 5.32 Å². The van der Waals surface area contributed by atoms with Gasteiger partial charge in [-0.2, -0.15) is 0 Å². The largest absolute Gasteiger partial charge is 0.394 e. The van der Waals surface area contributed by atoms with E-state index in [1.807, 2.05) is 0 Å². The molecule has 0 aromatic heterocycles. The van der Waals surface area contributed by atoms with E-state index in [1.54, 1.807) is 0 Å². The lowest BCUT2D eigenvalue weighted by Crippen LogP contribution is -2.61. The van der Waals surface area contributed by atoms with Crippen molar-refractivity contribution in [2.45, 2.75) is 77.3 Å². The molecule has 2 heteroatoms. The molecule has 2 rings (SSSR count). The van der Waals surface area contributed by atoms with E-state index in [2.05, 4.69) is 26.1 Å². The average molecular weight is 253 g/mol. The van der Waals surface area contributed by atoms with Crippen molar-refractivity contribution >= 4 is 0 Å². The van der Waals surface area contributed by atoms with E-state index in [1.165, 1.54) is 38.5 Å². The van der Waals surface area contributed by atoms with Crippen LogP contribution in [0.25, 0.3) is 0 Å². The van der Waals surface area contributed by atoms with Crippen LogP contribution in [0.4, 0.5) is 0 Å². The standard InChI is InChI=1S/C16H31NO/c1-12(2)15-9-8-13(3)10-16(15,11-18)17-14-6-4-5-7-14/h12-15,17-18H,4-11H2,1-3H3. The van der Waals surface area contributed by atoms with Crippen molar-refractivity contribution in [3.8, 4) is 0 Å². The van der Waals surface area contributed by atoms with Gasteiger partial charge in [-0.15, -0.1) is 0 Å². The van der Waals surface area contributed by atoms with Gasteiger partial charge in [-0.05, 0) is 43.4 Å². The molecule has 0 aromatic carbocycles. The van der Waals surface area contributed by atoms with Gasteiger partial charge in [0, 0.05) is 11.6 Å². The van der Waals surface area contributed by atoms with Crippen molar-refractivity contribution < 1.29 is 5.11 Å². The Kier molecular flexibility index (Phi) is 4.71. The van der Waals surface area contributed by atoms with Crippen LogP contribution in [0.3, 0.4) is 0 Å². The Bertz CT molecular complexity index is 260. The Morgan fingerprint density at radius 3 is 2.39 bits per heavy atom. The van der Waals surface area contributed by atoms with Gasteiger partial charge in [0.15, 0.2) is 0 Å². The molecule has 0 bridgehead atoms. The van der Waals surface area contributed by atoms with E-state index >= 15 is 0 Å². The van der Waals surface area contributed by atoms with Crippen LogP contribution in [-0.2, 0) is 0 Å². The summed E-state index contributed by atoms with van der Waals surface area (Å²) in [5.74, 6) is 2.05. The fraction of sp³-hybridized carbons (Fsp3) is 1.00. The van der Waals surface area contributed by atoms with Crippen LogP contribution in [0.2, 0.25) is 0 Å². The Labute approximate surface area is 113 Å². The highest BCUT2D eigenvalue weighted by atomic mass is 16.3. The molecular weight excluding hydrogens is 222 g/mol. The molecule has 2 aliphatic rings. The molecule has 106 valence electrons. The maximum atomic E-state index is 10.1. The van der Waals surface area contributed by atoms with Crippen LogP contribution in [0.1, 0.15) is 65.7 Å². The van der Waals surface area contributed by atoms with Gasteiger partial charge in [0.2, 0.25) is 0 Å². The second kappa shape index (κ2) is 5.92. The highest BCUT2D eigenvalue weighted by molar-refractivity contribution is 5.01. The summed E-state index contributed by atoms with van der Waals surface area (Å²) < 4.78 is 0. The molecule has 2 fully saturated rings. The minimum atomic E-state index is 0.000833. The van der Waals surface area contributed by atoms with Gasteiger partial charge in [-0.3, -0.25) is 0 Å². The summed E-state index contributed by atoms with van der Waals surface area (Å²) in [5, 5.41) is 14.0.